The SMILES string of the molecule is c1ccc(-c2cc(Nc3ccccc3-c3cccc(-c4cc5c6c(c4)c4ccccc4n6-c4cc6ccccc6cc4-c4ccccc4-5)c3)cc(-c3ccccc3)c2)cc1. The second-order valence-electron chi connectivity index (χ2n) is 15.8. The zero-order chi connectivity index (χ0) is 39.6. The minimum absolute atomic E-state index is 1.04. The summed E-state index contributed by atoms with van der Waals surface area (Å²) in [5, 5.41) is 8.86. The Morgan fingerprint density at radius 3 is 1.60 bits per heavy atom. The fourth-order valence-corrected chi connectivity index (χ4v) is 9.46. The summed E-state index contributed by atoms with van der Waals surface area (Å²) in [6, 6.07) is 81.9. The van der Waals surface area contributed by atoms with Gasteiger partial charge in [-0.15, -0.1) is 0 Å². The molecule has 0 aliphatic carbocycles. The van der Waals surface area contributed by atoms with Crippen LogP contribution in [0.15, 0.2) is 224 Å². The summed E-state index contributed by atoms with van der Waals surface area (Å²) in [4.78, 5) is 0. The largest absolute Gasteiger partial charge is 0.355 e. The van der Waals surface area contributed by atoms with Crippen LogP contribution < -0.4 is 5.32 Å². The van der Waals surface area contributed by atoms with E-state index in [0.29, 0.717) is 0 Å². The van der Waals surface area contributed by atoms with Crippen molar-refractivity contribution in [3.8, 4) is 72.4 Å². The van der Waals surface area contributed by atoms with E-state index < -0.39 is 0 Å². The summed E-state index contributed by atoms with van der Waals surface area (Å²) in [7, 11) is 0. The number of aromatic nitrogens is 1. The highest BCUT2D eigenvalue weighted by Crippen LogP contribution is 2.49. The van der Waals surface area contributed by atoms with Crippen LogP contribution in [0.25, 0.3) is 105 Å². The van der Waals surface area contributed by atoms with Gasteiger partial charge in [0.2, 0.25) is 0 Å². The molecule has 0 spiro atoms. The van der Waals surface area contributed by atoms with Crippen LogP contribution in [-0.2, 0) is 0 Å². The summed E-state index contributed by atoms with van der Waals surface area (Å²) in [6.07, 6.45) is 0. The van der Waals surface area contributed by atoms with Gasteiger partial charge in [-0.05, 0) is 122 Å². The monoisotopic (exact) mass is 762 g/mol. The number of benzene rings is 10. The van der Waals surface area contributed by atoms with E-state index in [0.717, 1.165) is 22.5 Å². The quantitative estimate of drug-likeness (QED) is 0.179. The molecule has 1 aliphatic rings. The zero-order valence-electron chi connectivity index (χ0n) is 32.8. The van der Waals surface area contributed by atoms with Crippen molar-refractivity contribution < 1.29 is 0 Å². The lowest BCUT2D eigenvalue weighted by molar-refractivity contribution is 1.19. The average Bonchev–Trinajstić information content (AvgIpc) is 3.60. The van der Waals surface area contributed by atoms with Crippen molar-refractivity contribution in [1.29, 1.82) is 0 Å². The second kappa shape index (κ2) is 13.9. The van der Waals surface area contributed by atoms with E-state index in [4.69, 9.17) is 0 Å². The molecule has 0 bridgehead atoms. The van der Waals surface area contributed by atoms with Crippen molar-refractivity contribution in [2.75, 3.05) is 5.32 Å². The van der Waals surface area contributed by atoms with E-state index in [1.165, 1.54) is 93.9 Å². The molecule has 10 aromatic carbocycles. The summed E-state index contributed by atoms with van der Waals surface area (Å²) in [5.74, 6) is 0. The molecule has 0 saturated heterocycles. The van der Waals surface area contributed by atoms with E-state index in [9.17, 15) is 0 Å². The maximum absolute atomic E-state index is 3.86. The van der Waals surface area contributed by atoms with Crippen LogP contribution in [0.4, 0.5) is 11.4 Å². The highest BCUT2D eigenvalue weighted by Gasteiger charge is 2.26. The van der Waals surface area contributed by atoms with Crippen LogP contribution in [0.5, 0.6) is 0 Å². The number of anilines is 2. The van der Waals surface area contributed by atoms with Crippen molar-refractivity contribution in [2.24, 2.45) is 0 Å². The maximum atomic E-state index is 3.86. The third-order valence-electron chi connectivity index (χ3n) is 12.2. The summed E-state index contributed by atoms with van der Waals surface area (Å²) in [6.45, 7) is 0. The third kappa shape index (κ3) is 5.65. The van der Waals surface area contributed by atoms with Gasteiger partial charge in [0.05, 0.1) is 16.7 Å². The number of nitrogens with one attached hydrogen (secondary N) is 1. The van der Waals surface area contributed by atoms with Gasteiger partial charge < -0.3 is 9.88 Å². The van der Waals surface area contributed by atoms with Crippen molar-refractivity contribution in [3.63, 3.8) is 0 Å². The minimum Gasteiger partial charge on any atom is -0.355 e. The molecule has 280 valence electrons. The number of rotatable bonds is 6. The minimum atomic E-state index is 1.04. The van der Waals surface area contributed by atoms with E-state index in [2.05, 4.69) is 234 Å². The van der Waals surface area contributed by atoms with Crippen LogP contribution in [0.3, 0.4) is 0 Å². The lowest BCUT2D eigenvalue weighted by Crippen LogP contribution is -1.96. The summed E-state index contributed by atoms with van der Waals surface area (Å²) in [5.41, 5.74) is 20.2. The van der Waals surface area contributed by atoms with E-state index >= 15 is 0 Å². The zero-order valence-corrected chi connectivity index (χ0v) is 32.8. The highest BCUT2D eigenvalue weighted by molar-refractivity contribution is 6.18. The third-order valence-corrected chi connectivity index (χ3v) is 12.2. The number of nitrogens with zero attached hydrogens (tertiary/aromatic N) is 1. The Hall–Kier alpha value is -7.94. The van der Waals surface area contributed by atoms with Crippen LogP contribution in [0.1, 0.15) is 0 Å². The fraction of sp³-hybridized carbons (Fsp3) is 0. The molecule has 2 heterocycles. The van der Waals surface area contributed by atoms with E-state index in [1.807, 2.05) is 0 Å². The van der Waals surface area contributed by atoms with Gasteiger partial charge in [0.1, 0.15) is 0 Å². The first-order chi connectivity index (χ1) is 29.7. The Morgan fingerprint density at radius 1 is 0.300 bits per heavy atom. The van der Waals surface area contributed by atoms with Gasteiger partial charge in [0.25, 0.3) is 0 Å². The Labute approximate surface area is 349 Å². The van der Waals surface area contributed by atoms with Crippen molar-refractivity contribution in [3.05, 3.63) is 224 Å². The molecule has 2 heteroatoms. The molecule has 0 saturated carbocycles. The number of hydrogen-bond acceptors (Lipinski definition) is 1. The summed E-state index contributed by atoms with van der Waals surface area (Å²) >= 11 is 0. The van der Waals surface area contributed by atoms with Gasteiger partial charge in [0.15, 0.2) is 0 Å². The Morgan fingerprint density at radius 2 is 0.850 bits per heavy atom. The molecule has 0 radical (unpaired) electrons. The van der Waals surface area contributed by atoms with Gasteiger partial charge in [-0.3, -0.25) is 0 Å². The molecule has 1 aromatic heterocycles. The predicted molar refractivity (Wildman–Crippen MR) is 254 cm³/mol. The standard InChI is InChI=1S/C58H38N2/c1-3-16-38(17-4-1)44-31-45(39-18-5-2-6-19-39)33-47(32-44)59-55-28-13-11-24-48(55)43-23-15-22-40(30-43)46-35-53-50-26-10-9-25-49(50)52-34-41-20-7-8-21-42(41)37-57(52)60-56-29-14-12-27-51(56)54(36-46)58(53)60/h1-37,59H. The number of hydrogen-bond donors (Lipinski definition) is 1. The molecule has 0 fully saturated rings. The Bertz CT molecular complexity index is 3390. The highest BCUT2D eigenvalue weighted by atomic mass is 15.0. The predicted octanol–water partition coefficient (Wildman–Crippen LogP) is 16.0. The van der Waals surface area contributed by atoms with Crippen molar-refractivity contribution >= 4 is 44.0 Å². The molecule has 0 unspecified atom stereocenters. The van der Waals surface area contributed by atoms with Crippen LogP contribution in [0.2, 0.25) is 0 Å². The first-order valence-corrected chi connectivity index (χ1v) is 20.7. The number of para-hydroxylation sites is 2. The first kappa shape index (κ1) is 34.1. The molecule has 1 aliphatic heterocycles. The first-order valence-electron chi connectivity index (χ1n) is 20.7. The van der Waals surface area contributed by atoms with Gasteiger partial charge in [-0.1, -0.05) is 164 Å². The normalized spacial score (nSPS) is 11.7. The Kier molecular flexibility index (Phi) is 7.89. The molecule has 2 nitrogen and oxygen atoms in total. The fourth-order valence-electron chi connectivity index (χ4n) is 9.46. The molecule has 0 atom stereocenters. The van der Waals surface area contributed by atoms with E-state index in [1.54, 1.807) is 0 Å². The van der Waals surface area contributed by atoms with E-state index in [-0.39, 0.29) is 0 Å². The second-order valence-corrected chi connectivity index (χ2v) is 15.8. The van der Waals surface area contributed by atoms with Crippen molar-refractivity contribution in [2.45, 2.75) is 0 Å². The van der Waals surface area contributed by atoms with Crippen LogP contribution in [-0.4, -0.2) is 4.57 Å². The molecule has 1 N–H and O–H groups in total. The number of fused-ring (bicyclic) bond motifs is 9. The molecule has 11 aromatic rings. The van der Waals surface area contributed by atoms with Gasteiger partial charge in [-0.2, -0.15) is 0 Å². The molecular weight excluding hydrogens is 725 g/mol. The van der Waals surface area contributed by atoms with Crippen LogP contribution >= 0.6 is 0 Å². The van der Waals surface area contributed by atoms with Crippen LogP contribution in [0, 0.1) is 0 Å². The molecule has 12 rings (SSSR count). The Balaban J connectivity index is 1.01. The topological polar surface area (TPSA) is 17.0 Å². The van der Waals surface area contributed by atoms with Gasteiger partial charge >= 0.3 is 0 Å². The molecule has 60 heavy (non-hydrogen) atoms. The molecular formula is C58H38N2. The van der Waals surface area contributed by atoms with Gasteiger partial charge in [-0.25, -0.2) is 0 Å². The lowest BCUT2D eigenvalue weighted by Gasteiger charge is -2.16. The van der Waals surface area contributed by atoms with Crippen molar-refractivity contribution in [1.82, 2.24) is 4.57 Å². The average molecular weight is 763 g/mol. The maximum Gasteiger partial charge on any atom is 0.0620 e. The molecule has 0 amide bonds. The van der Waals surface area contributed by atoms with Gasteiger partial charge in [0, 0.05) is 38.8 Å². The lowest BCUT2D eigenvalue weighted by atomic mass is 9.90. The smallest absolute Gasteiger partial charge is 0.0620 e. The summed E-state index contributed by atoms with van der Waals surface area (Å²) < 4.78 is 2.51.